The molecule has 6 heteroatoms. The lowest BCUT2D eigenvalue weighted by atomic mass is 10.1. The maximum Gasteiger partial charge on any atom is 0.251 e. The molecule has 0 aliphatic carbocycles. The molecule has 0 heterocycles. The second-order valence-electron chi connectivity index (χ2n) is 6.38. The quantitative estimate of drug-likeness (QED) is 0.590. The van der Waals surface area contributed by atoms with E-state index in [2.05, 4.69) is 10.6 Å². The number of fused-ring (bicyclic) bond motifs is 1. The lowest BCUT2D eigenvalue weighted by molar-refractivity contribution is -0.127. The molecule has 0 radical (unpaired) electrons. The minimum atomic E-state index is -0.898. The number of hydrogen-bond acceptors (Lipinski definition) is 3. The van der Waals surface area contributed by atoms with Gasteiger partial charge in [-0.05, 0) is 28.5 Å². The fraction of sp³-hybridized carbons (Fsp3) is 0.136. The van der Waals surface area contributed by atoms with Gasteiger partial charge in [-0.3, -0.25) is 14.4 Å². The van der Waals surface area contributed by atoms with Gasteiger partial charge in [-0.1, -0.05) is 60.7 Å². The summed E-state index contributed by atoms with van der Waals surface area (Å²) in [6.45, 7) is 0.151. The van der Waals surface area contributed by atoms with Crippen LogP contribution in [0.1, 0.15) is 28.4 Å². The van der Waals surface area contributed by atoms with Gasteiger partial charge in [-0.25, -0.2) is 0 Å². The Morgan fingerprint density at radius 3 is 2.25 bits per heavy atom. The molecule has 0 spiro atoms. The molecule has 4 N–H and O–H groups in total. The van der Waals surface area contributed by atoms with Crippen molar-refractivity contribution in [3.63, 3.8) is 0 Å². The zero-order valence-electron chi connectivity index (χ0n) is 15.2. The van der Waals surface area contributed by atoms with Crippen molar-refractivity contribution in [3.8, 4) is 0 Å². The van der Waals surface area contributed by atoms with Crippen LogP contribution in [0.25, 0.3) is 10.8 Å². The molecule has 28 heavy (non-hydrogen) atoms. The Labute approximate surface area is 162 Å². The Balaban J connectivity index is 1.54. The fourth-order valence-electron chi connectivity index (χ4n) is 2.92. The van der Waals surface area contributed by atoms with E-state index in [0.29, 0.717) is 11.1 Å². The fourth-order valence-corrected chi connectivity index (χ4v) is 2.92. The molecule has 0 fully saturated rings. The van der Waals surface area contributed by atoms with Gasteiger partial charge >= 0.3 is 0 Å². The van der Waals surface area contributed by atoms with E-state index >= 15 is 0 Å². The van der Waals surface area contributed by atoms with Crippen molar-refractivity contribution in [2.45, 2.75) is 12.5 Å². The molecule has 3 aromatic rings. The molecule has 142 valence electrons. The molecule has 1 atom stereocenters. The van der Waals surface area contributed by atoms with Gasteiger partial charge in [0.05, 0.1) is 0 Å². The minimum absolute atomic E-state index is 0.0376. The smallest absolute Gasteiger partial charge is 0.251 e. The molecular weight excluding hydrogens is 354 g/mol. The van der Waals surface area contributed by atoms with Crippen molar-refractivity contribution < 1.29 is 14.4 Å². The van der Waals surface area contributed by atoms with Crippen LogP contribution in [0.15, 0.2) is 72.8 Å². The van der Waals surface area contributed by atoms with Crippen molar-refractivity contribution in [2.75, 3.05) is 6.54 Å². The van der Waals surface area contributed by atoms with Crippen LogP contribution in [0.2, 0.25) is 0 Å². The third-order valence-electron chi connectivity index (χ3n) is 4.37. The topological polar surface area (TPSA) is 101 Å². The summed E-state index contributed by atoms with van der Waals surface area (Å²) in [6, 6.07) is 21.1. The van der Waals surface area contributed by atoms with Crippen LogP contribution in [0.3, 0.4) is 0 Å². The normalized spacial score (nSPS) is 11.6. The molecule has 3 aromatic carbocycles. The van der Waals surface area contributed by atoms with Crippen LogP contribution in [-0.2, 0) is 9.59 Å². The van der Waals surface area contributed by atoms with Crippen molar-refractivity contribution in [1.82, 2.24) is 10.6 Å². The molecule has 0 aliphatic rings. The van der Waals surface area contributed by atoms with Crippen LogP contribution < -0.4 is 16.4 Å². The number of amides is 3. The summed E-state index contributed by atoms with van der Waals surface area (Å²) in [7, 11) is 0. The van der Waals surface area contributed by atoms with E-state index in [1.165, 1.54) is 0 Å². The number of benzene rings is 3. The lowest BCUT2D eigenvalue weighted by Crippen LogP contribution is -2.39. The number of hydrogen-bond donors (Lipinski definition) is 3. The average molecular weight is 375 g/mol. The maximum atomic E-state index is 12.3. The van der Waals surface area contributed by atoms with Crippen molar-refractivity contribution in [2.24, 2.45) is 5.73 Å². The van der Waals surface area contributed by atoms with E-state index in [0.717, 1.165) is 10.8 Å². The highest BCUT2D eigenvalue weighted by Crippen LogP contribution is 2.15. The first-order chi connectivity index (χ1) is 13.5. The SMILES string of the molecule is NC(=O)C(NC(=O)CCNC(=O)c1ccc2ccccc2c1)c1ccccc1. The average Bonchev–Trinajstić information content (AvgIpc) is 2.72. The summed E-state index contributed by atoms with van der Waals surface area (Å²) >= 11 is 0. The van der Waals surface area contributed by atoms with Crippen LogP contribution >= 0.6 is 0 Å². The van der Waals surface area contributed by atoms with Crippen molar-refractivity contribution in [3.05, 3.63) is 83.9 Å². The number of nitrogens with two attached hydrogens (primary N) is 1. The first kappa shape index (κ1) is 19.1. The van der Waals surface area contributed by atoms with Gasteiger partial charge in [0.25, 0.3) is 5.91 Å². The number of nitrogens with one attached hydrogen (secondary N) is 2. The lowest BCUT2D eigenvalue weighted by Gasteiger charge is -2.16. The number of carbonyl (C=O) groups excluding carboxylic acids is 3. The van der Waals surface area contributed by atoms with Gasteiger partial charge in [-0.15, -0.1) is 0 Å². The molecule has 3 amide bonds. The monoisotopic (exact) mass is 375 g/mol. The van der Waals surface area contributed by atoms with Crippen molar-refractivity contribution in [1.29, 1.82) is 0 Å². The van der Waals surface area contributed by atoms with E-state index in [-0.39, 0.29) is 24.8 Å². The molecule has 0 bridgehead atoms. The predicted molar refractivity (Wildman–Crippen MR) is 107 cm³/mol. The Morgan fingerprint density at radius 2 is 1.54 bits per heavy atom. The highest BCUT2D eigenvalue weighted by molar-refractivity contribution is 5.98. The van der Waals surface area contributed by atoms with E-state index in [1.807, 2.05) is 42.5 Å². The molecular formula is C22H21N3O3. The van der Waals surface area contributed by atoms with Crippen LogP contribution in [0.5, 0.6) is 0 Å². The number of rotatable bonds is 7. The number of primary amides is 1. The summed E-state index contributed by atoms with van der Waals surface area (Å²) in [6.07, 6.45) is 0.0376. The summed E-state index contributed by atoms with van der Waals surface area (Å²) in [5.74, 6) is -1.26. The van der Waals surface area contributed by atoms with Gasteiger partial charge in [0.1, 0.15) is 6.04 Å². The zero-order chi connectivity index (χ0) is 19.9. The van der Waals surface area contributed by atoms with E-state index < -0.39 is 11.9 Å². The molecule has 0 saturated carbocycles. The van der Waals surface area contributed by atoms with Gasteiger partial charge in [0.15, 0.2) is 0 Å². The number of carbonyl (C=O) groups is 3. The van der Waals surface area contributed by atoms with Crippen molar-refractivity contribution >= 4 is 28.5 Å². The third-order valence-corrected chi connectivity index (χ3v) is 4.37. The van der Waals surface area contributed by atoms with E-state index in [9.17, 15) is 14.4 Å². The van der Waals surface area contributed by atoms with Gasteiger partial charge < -0.3 is 16.4 Å². The molecule has 6 nitrogen and oxygen atoms in total. The van der Waals surface area contributed by atoms with Crippen LogP contribution in [0, 0.1) is 0 Å². The Bertz CT molecular complexity index is 1000. The summed E-state index contributed by atoms with van der Waals surface area (Å²) in [4.78, 5) is 36.1. The first-order valence-corrected chi connectivity index (χ1v) is 8.95. The molecule has 0 aliphatic heterocycles. The molecule has 0 aromatic heterocycles. The van der Waals surface area contributed by atoms with Gasteiger partial charge in [0, 0.05) is 18.5 Å². The summed E-state index contributed by atoms with van der Waals surface area (Å²) in [5.41, 5.74) is 6.53. The van der Waals surface area contributed by atoms with E-state index in [4.69, 9.17) is 5.73 Å². The minimum Gasteiger partial charge on any atom is -0.368 e. The largest absolute Gasteiger partial charge is 0.368 e. The molecule has 3 rings (SSSR count). The second kappa shape index (κ2) is 8.81. The van der Waals surface area contributed by atoms with Gasteiger partial charge in [0.2, 0.25) is 11.8 Å². The van der Waals surface area contributed by atoms with Gasteiger partial charge in [-0.2, -0.15) is 0 Å². The van der Waals surface area contributed by atoms with Crippen LogP contribution in [0.4, 0.5) is 0 Å². The van der Waals surface area contributed by atoms with Crippen LogP contribution in [-0.4, -0.2) is 24.3 Å². The second-order valence-corrected chi connectivity index (χ2v) is 6.38. The summed E-state index contributed by atoms with van der Waals surface area (Å²) < 4.78 is 0. The summed E-state index contributed by atoms with van der Waals surface area (Å²) in [5, 5.41) is 7.35. The Kier molecular flexibility index (Phi) is 6.01. The first-order valence-electron chi connectivity index (χ1n) is 8.95. The highest BCUT2D eigenvalue weighted by atomic mass is 16.2. The standard InChI is InChI=1S/C22H21N3O3/c23-21(27)20(16-7-2-1-3-8-16)25-19(26)12-13-24-22(28)18-11-10-15-6-4-5-9-17(15)14-18/h1-11,14,20H,12-13H2,(H2,23,27)(H,24,28)(H,25,26). The molecule has 1 unspecified atom stereocenters. The molecule has 0 saturated heterocycles. The highest BCUT2D eigenvalue weighted by Gasteiger charge is 2.19. The maximum absolute atomic E-state index is 12.3. The zero-order valence-corrected chi connectivity index (χ0v) is 15.2. The Hall–Kier alpha value is -3.67. The third kappa shape index (κ3) is 4.73. The predicted octanol–water partition coefficient (Wildman–Crippen LogP) is 2.30. The van der Waals surface area contributed by atoms with E-state index in [1.54, 1.807) is 30.3 Å². The Morgan fingerprint density at radius 1 is 0.857 bits per heavy atom.